The zero-order chi connectivity index (χ0) is 13.4. The van der Waals surface area contributed by atoms with Crippen molar-refractivity contribution in [1.82, 2.24) is 0 Å². The Hall–Kier alpha value is -0.610. The van der Waals surface area contributed by atoms with Gasteiger partial charge >= 0.3 is 5.97 Å². The van der Waals surface area contributed by atoms with Gasteiger partial charge in [-0.1, -0.05) is 45.4 Å². The van der Waals surface area contributed by atoms with Crippen molar-refractivity contribution in [2.24, 2.45) is 5.73 Å². The minimum Gasteiger partial charge on any atom is -0.481 e. The molecule has 0 aliphatic heterocycles. The van der Waals surface area contributed by atoms with Crippen molar-refractivity contribution < 1.29 is 14.6 Å². The molecule has 4 heteroatoms. The van der Waals surface area contributed by atoms with Crippen LogP contribution >= 0.6 is 0 Å². The van der Waals surface area contributed by atoms with Crippen molar-refractivity contribution in [2.45, 2.75) is 58.3 Å². The lowest BCUT2D eigenvalue weighted by atomic mass is 10.1. The van der Waals surface area contributed by atoms with Gasteiger partial charge in [0.25, 0.3) is 0 Å². The Morgan fingerprint density at radius 3 is 2.00 bits per heavy atom. The summed E-state index contributed by atoms with van der Waals surface area (Å²) < 4.78 is 4.57. The second-order valence-corrected chi connectivity index (χ2v) is 4.05. The molecule has 0 spiro atoms. The molecule has 3 N–H and O–H groups in total. The van der Waals surface area contributed by atoms with Crippen LogP contribution in [0.1, 0.15) is 58.3 Å². The van der Waals surface area contributed by atoms with Gasteiger partial charge in [0.15, 0.2) is 0 Å². The van der Waals surface area contributed by atoms with Gasteiger partial charge in [-0.05, 0) is 6.42 Å². The van der Waals surface area contributed by atoms with E-state index in [-0.39, 0.29) is 0 Å². The number of aliphatic carboxylic acids is 1. The van der Waals surface area contributed by atoms with Crippen molar-refractivity contribution in [3.63, 3.8) is 0 Å². The molecule has 0 aromatic heterocycles. The Labute approximate surface area is 106 Å². The number of carboxylic acid groups (broad SMARTS) is 1. The minimum absolute atomic E-state index is 0.341. The molecule has 0 fully saturated rings. The molecule has 0 bridgehead atoms. The number of carbonyl (C=O) groups is 1. The third-order valence-corrected chi connectivity index (χ3v) is 2.32. The predicted octanol–water partition coefficient (Wildman–Crippen LogP) is 2.80. The van der Waals surface area contributed by atoms with E-state index in [1.165, 1.54) is 32.1 Å². The fourth-order valence-electron chi connectivity index (χ4n) is 1.35. The van der Waals surface area contributed by atoms with Crippen LogP contribution in [0.4, 0.5) is 0 Å². The molecule has 0 aromatic rings. The summed E-state index contributed by atoms with van der Waals surface area (Å²) in [6, 6.07) is 0. The molecule has 0 atom stereocenters. The lowest BCUT2D eigenvalue weighted by Crippen LogP contribution is -2.05. The third kappa shape index (κ3) is 25.6. The molecule has 0 heterocycles. The van der Waals surface area contributed by atoms with Gasteiger partial charge in [0.05, 0.1) is 6.61 Å². The number of hydrogen-bond acceptors (Lipinski definition) is 3. The van der Waals surface area contributed by atoms with Crippen molar-refractivity contribution in [3.05, 3.63) is 0 Å². The predicted molar refractivity (Wildman–Crippen MR) is 71.2 cm³/mol. The summed E-state index contributed by atoms with van der Waals surface area (Å²) in [6.45, 7) is 3.49. The maximum atomic E-state index is 10.1. The SMILES string of the molecule is CCCCCCCCCC(=O)O.COCCN. The molecular weight excluding hydrogens is 218 g/mol. The van der Waals surface area contributed by atoms with Gasteiger partial charge in [-0.3, -0.25) is 4.79 Å². The number of rotatable bonds is 10. The highest BCUT2D eigenvalue weighted by Crippen LogP contribution is 2.07. The molecule has 17 heavy (non-hydrogen) atoms. The van der Waals surface area contributed by atoms with Crippen LogP contribution in [-0.2, 0) is 9.53 Å². The van der Waals surface area contributed by atoms with E-state index >= 15 is 0 Å². The minimum atomic E-state index is -0.663. The van der Waals surface area contributed by atoms with Crippen LogP contribution in [0.5, 0.6) is 0 Å². The smallest absolute Gasteiger partial charge is 0.303 e. The quantitative estimate of drug-likeness (QED) is 0.582. The molecule has 0 radical (unpaired) electrons. The molecule has 4 nitrogen and oxygen atoms in total. The Balaban J connectivity index is 0. The normalized spacial score (nSPS) is 9.59. The average Bonchev–Trinajstić information content (AvgIpc) is 2.29. The van der Waals surface area contributed by atoms with E-state index in [9.17, 15) is 4.79 Å². The summed E-state index contributed by atoms with van der Waals surface area (Å²) in [6.07, 6.45) is 8.64. The van der Waals surface area contributed by atoms with E-state index in [0.29, 0.717) is 19.6 Å². The summed E-state index contributed by atoms with van der Waals surface area (Å²) in [7, 11) is 1.63. The van der Waals surface area contributed by atoms with E-state index in [4.69, 9.17) is 10.8 Å². The van der Waals surface area contributed by atoms with Crippen molar-refractivity contribution in [3.8, 4) is 0 Å². The molecule has 0 aromatic carbocycles. The number of hydrogen-bond donors (Lipinski definition) is 2. The molecular formula is C13H29NO3. The lowest BCUT2D eigenvalue weighted by Gasteiger charge is -1.98. The van der Waals surface area contributed by atoms with Gasteiger partial charge in [-0.2, -0.15) is 0 Å². The molecule has 0 saturated carbocycles. The Bertz CT molecular complexity index is 150. The first-order chi connectivity index (χ1) is 8.18. The summed E-state index contributed by atoms with van der Waals surface area (Å²) in [4.78, 5) is 10.1. The summed E-state index contributed by atoms with van der Waals surface area (Å²) in [5, 5.41) is 8.35. The van der Waals surface area contributed by atoms with Crippen LogP contribution in [-0.4, -0.2) is 31.3 Å². The highest BCUT2D eigenvalue weighted by atomic mass is 16.5. The largest absolute Gasteiger partial charge is 0.481 e. The third-order valence-electron chi connectivity index (χ3n) is 2.32. The Morgan fingerprint density at radius 2 is 1.65 bits per heavy atom. The summed E-state index contributed by atoms with van der Waals surface area (Å²) in [5.41, 5.74) is 5.01. The first-order valence-electron chi connectivity index (χ1n) is 6.59. The van der Waals surface area contributed by atoms with Crippen molar-refractivity contribution in [2.75, 3.05) is 20.3 Å². The van der Waals surface area contributed by atoms with E-state index in [0.717, 1.165) is 12.8 Å². The van der Waals surface area contributed by atoms with E-state index in [2.05, 4.69) is 11.7 Å². The standard InChI is InChI=1S/C10H20O2.C3H9NO/c1-2-3-4-5-6-7-8-9-10(11)12;1-5-3-2-4/h2-9H2,1H3,(H,11,12);2-4H2,1H3. The zero-order valence-electron chi connectivity index (χ0n) is 11.4. The summed E-state index contributed by atoms with van der Waals surface area (Å²) >= 11 is 0. The maximum absolute atomic E-state index is 10.1. The highest BCUT2D eigenvalue weighted by molar-refractivity contribution is 5.66. The monoisotopic (exact) mass is 247 g/mol. The van der Waals surface area contributed by atoms with Crippen LogP contribution in [0.25, 0.3) is 0 Å². The van der Waals surface area contributed by atoms with Crippen LogP contribution < -0.4 is 5.73 Å². The van der Waals surface area contributed by atoms with Gasteiger partial charge in [0, 0.05) is 20.1 Å². The fraction of sp³-hybridized carbons (Fsp3) is 0.923. The van der Waals surface area contributed by atoms with Gasteiger partial charge in [0.2, 0.25) is 0 Å². The Kier molecular flexibility index (Phi) is 19.6. The lowest BCUT2D eigenvalue weighted by molar-refractivity contribution is -0.137. The van der Waals surface area contributed by atoms with Crippen LogP contribution in [0, 0.1) is 0 Å². The molecule has 0 unspecified atom stereocenters. The fourth-order valence-corrected chi connectivity index (χ4v) is 1.35. The van der Waals surface area contributed by atoms with Gasteiger partial charge in [-0.25, -0.2) is 0 Å². The van der Waals surface area contributed by atoms with E-state index in [1.54, 1.807) is 7.11 Å². The van der Waals surface area contributed by atoms with Crippen molar-refractivity contribution in [1.29, 1.82) is 0 Å². The first-order valence-corrected chi connectivity index (χ1v) is 6.59. The highest BCUT2D eigenvalue weighted by Gasteiger charge is 1.95. The molecule has 104 valence electrons. The van der Waals surface area contributed by atoms with Crippen LogP contribution in [0.15, 0.2) is 0 Å². The zero-order valence-corrected chi connectivity index (χ0v) is 11.4. The van der Waals surface area contributed by atoms with Gasteiger partial charge in [-0.15, -0.1) is 0 Å². The number of ether oxygens (including phenoxy) is 1. The first kappa shape index (κ1) is 18.7. The van der Waals surface area contributed by atoms with Gasteiger partial charge < -0.3 is 15.6 Å². The number of nitrogens with two attached hydrogens (primary N) is 1. The molecule has 0 aliphatic rings. The van der Waals surface area contributed by atoms with Crippen LogP contribution in [0.3, 0.4) is 0 Å². The number of carboxylic acids is 1. The number of unbranched alkanes of at least 4 members (excludes halogenated alkanes) is 6. The maximum Gasteiger partial charge on any atom is 0.303 e. The van der Waals surface area contributed by atoms with E-state index < -0.39 is 5.97 Å². The van der Waals surface area contributed by atoms with Gasteiger partial charge in [0.1, 0.15) is 0 Å². The summed E-state index contributed by atoms with van der Waals surface area (Å²) in [5.74, 6) is -0.663. The van der Waals surface area contributed by atoms with Crippen molar-refractivity contribution >= 4 is 5.97 Å². The number of methoxy groups -OCH3 is 1. The van der Waals surface area contributed by atoms with Crippen LogP contribution in [0.2, 0.25) is 0 Å². The Morgan fingerprint density at radius 1 is 1.12 bits per heavy atom. The second kappa shape index (κ2) is 17.8. The molecule has 0 saturated heterocycles. The molecule has 0 aliphatic carbocycles. The second-order valence-electron chi connectivity index (χ2n) is 4.05. The molecule has 0 amide bonds. The van der Waals surface area contributed by atoms with E-state index in [1.807, 2.05) is 0 Å². The average molecular weight is 247 g/mol. The molecule has 0 rings (SSSR count). The topological polar surface area (TPSA) is 72.5 Å².